The Morgan fingerprint density at radius 2 is 1.86 bits per heavy atom. The van der Waals surface area contributed by atoms with Gasteiger partial charge in [-0.05, 0) is 31.2 Å². The highest BCUT2D eigenvalue weighted by Gasteiger charge is 2.39. The second-order valence-corrected chi connectivity index (χ2v) is 7.09. The van der Waals surface area contributed by atoms with Gasteiger partial charge in [-0.1, -0.05) is 12.1 Å². The molecule has 2 aliphatic rings. The van der Waals surface area contributed by atoms with Crippen LogP contribution in [-0.2, 0) is 9.47 Å². The SMILES string of the molecule is CC(=O)c1cccc(NC(=O)c2cc(N3CCC4(CC3)OCCO4)ccn2)c1. The van der Waals surface area contributed by atoms with Crippen molar-refractivity contribution < 1.29 is 19.1 Å². The van der Waals surface area contributed by atoms with E-state index in [1.54, 1.807) is 36.5 Å². The Morgan fingerprint density at radius 3 is 2.57 bits per heavy atom. The Bertz CT molecular complexity index is 883. The second kappa shape index (κ2) is 7.69. The van der Waals surface area contributed by atoms with Crippen LogP contribution in [0.2, 0.25) is 0 Å². The highest BCUT2D eigenvalue weighted by Crippen LogP contribution is 2.33. The fourth-order valence-corrected chi connectivity index (χ4v) is 3.64. The number of carbonyl (C=O) groups is 2. The van der Waals surface area contributed by atoms with Gasteiger partial charge in [0.1, 0.15) is 5.69 Å². The van der Waals surface area contributed by atoms with Crippen molar-refractivity contribution in [3.63, 3.8) is 0 Å². The Balaban J connectivity index is 1.44. The number of carbonyl (C=O) groups excluding carboxylic acids is 2. The number of Topliss-reactive ketones (excluding diaryl/α,β-unsaturated/α-hetero) is 1. The van der Waals surface area contributed by atoms with E-state index in [2.05, 4.69) is 15.2 Å². The standard InChI is InChI=1S/C21H23N3O4/c1-15(25)16-3-2-4-17(13-16)23-20(26)19-14-18(5-8-22-19)24-9-6-21(7-10-24)27-11-12-28-21/h2-5,8,13-14H,6-7,9-12H2,1H3,(H,23,26). The van der Waals surface area contributed by atoms with Crippen molar-refractivity contribution in [1.29, 1.82) is 0 Å². The average molecular weight is 381 g/mol. The van der Waals surface area contributed by atoms with Gasteiger partial charge in [0.05, 0.1) is 13.2 Å². The van der Waals surface area contributed by atoms with Gasteiger partial charge in [-0.2, -0.15) is 0 Å². The van der Waals surface area contributed by atoms with Crippen molar-refractivity contribution in [2.45, 2.75) is 25.6 Å². The van der Waals surface area contributed by atoms with E-state index in [0.717, 1.165) is 31.6 Å². The van der Waals surface area contributed by atoms with E-state index < -0.39 is 5.79 Å². The van der Waals surface area contributed by atoms with Crippen LogP contribution in [0.25, 0.3) is 0 Å². The van der Waals surface area contributed by atoms with E-state index in [1.807, 2.05) is 6.07 Å². The van der Waals surface area contributed by atoms with Crippen molar-refractivity contribution in [3.8, 4) is 0 Å². The van der Waals surface area contributed by atoms with Crippen molar-refractivity contribution >= 4 is 23.1 Å². The number of amides is 1. The third-order valence-electron chi connectivity index (χ3n) is 5.21. The molecule has 1 N–H and O–H groups in total. The fourth-order valence-electron chi connectivity index (χ4n) is 3.64. The number of aromatic nitrogens is 1. The lowest BCUT2D eigenvalue weighted by Crippen LogP contribution is -2.45. The zero-order valence-corrected chi connectivity index (χ0v) is 15.8. The third kappa shape index (κ3) is 3.90. The van der Waals surface area contributed by atoms with Crippen molar-refractivity contribution in [2.24, 2.45) is 0 Å². The van der Waals surface area contributed by atoms with E-state index in [4.69, 9.17) is 9.47 Å². The minimum atomic E-state index is -0.425. The first-order valence-electron chi connectivity index (χ1n) is 9.46. The number of hydrogen-bond acceptors (Lipinski definition) is 6. The Labute approximate surface area is 163 Å². The van der Waals surface area contributed by atoms with E-state index in [0.29, 0.717) is 30.2 Å². The molecule has 1 amide bonds. The van der Waals surface area contributed by atoms with Crippen molar-refractivity contribution in [3.05, 3.63) is 53.9 Å². The molecule has 2 saturated heterocycles. The van der Waals surface area contributed by atoms with Gasteiger partial charge in [-0.15, -0.1) is 0 Å². The summed E-state index contributed by atoms with van der Waals surface area (Å²) in [6.45, 7) is 4.41. The first kappa shape index (κ1) is 18.6. The summed E-state index contributed by atoms with van der Waals surface area (Å²) in [5, 5.41) is 2.81. The number of ether oxygens (including phenoxy) is 2. The van der Waals surface area contributed by atoms with Crippen LogP contribution in [0, 0.1) is 0 Å². The minimum absolute atomic E-state index is 0.0469. The van der Waals surface area contributed by atoms with Crippen LogP contribution in [0.4, 0.5) is 11.4 Å². The van der Waals surface area contributed by atoms with Crippen LogP contribution in [0.5, 0.6) is 0 Å². The molecule has 146 valence electrons. The smallest absolute Gasteiger partial charge is 0.274 e. The van der Waals surface area contributed by atoms with Gasteiger partial charge < -0.3 is 19.7 Å². The zero-order valence-electron chi connectivity index (χ0n) is 15.8. The lowest BCUT2D eigenvalue weighted by molar-refractivity contribution is -0.169. The molecular weight excluding hydrogens is 358 g/mol. The highest BCUT2D eigenvalue weighted by molar-refractivity contribution is 6.04. The van der Waals surface area contributed by atoms with E-state index in [1.165, 1.54) is 6.92 Å². The molecule has 4 rings (SSSR count). The number of nitrogens with one attached hydrogen (secondary N) is 1. The summed E-state index contributed by atoms with van der Waals surface area (Å²) in [4.78, 5) is 30.6. The van der Waals surface area contributed by atoms with Crippen LogP contribution < -0.4 is 10.2 Å². The number of benzene rings is 1. The minimum Gasteiger partial charge on any atom is -0.371 e. The zero-order chi connectivity index (χ0) is 19.6. The lowest BCUT2D eigenvalue weighted by Gasteiger charge is -2.38. The molecule has 7 heteroatoms. The van der Waals surface area contributed by atoms with E-state index in [-0.39, 0.29) is 11.7 Å². The summed E-state index contributed by atoms with van der Waals surface area (Å²) in [5.41, 5.74) is 2.41. The summed E-state index contributed by atoms with van der Waals surface area (Å²) < 4.78 is 11.5. The first-order valence-corrected chi connectivity index (χ1v) is 9.46. The first-order chi connectivity index (χ1) is 13.5. The topological polar surface area (TPSA) is 80.8 Å². The van der Waals surface area contributed by atoms with Gasteiger partial charge >= 0.3 is 0 Å². The normalized spacial score (nSPS) is 18.2. The second-order valence-electron chi connectivity index (χ2n) is 7.09. The monoisotopic (exact) mass is 381 g/mol. The molecular formula is C21H23N3O4. The maximum Gasteiger partial charge on any atom is 0.274 e. The molecule has 0 aliphatic carbocycles. The number of piperidine rings is 1. The van der Waals surface area contributed by atoms with Crippen LogP contribution >= 0.6 is 0 Å². The number of ketones is 1. The van der Waals surface area contributed by atoms with Crippen LogP contribution in [-0.4, -0.2) is 48.8 Å². The molecule has 0 atom stereocenters. The Hall–Kier alpha value is -2.77. The highest BCUT2D eigenvalue weighted by atomic mass is 16.7. The van der Waals surface area contributed by atoms with Crippen LogP contribution in [0.1, 0.15) is 40.6 Å². The molecule has 3 heterocycles. The summed E-state index contributed by atoms with van der Waals surface area (Å²) in [6.07, 6.45) is 3.24. The predicted octanol–water partition coefficient (Wildman–Crippen LogP) is 2.88. The van der Waals surface area contributed by atoms with Gasteiger partial charge in [0.2, 0.25) is 0 Å². The third-order valence-corrected chi connectivity index (χ3v) is 5.21. The van der Waals surface area contributed by atoms with Crippen molar-refractivity contribution in [2.75, 3.05) is 36.5 Å². The summed E-state index contributed by atoms with van der Waals surface area (Å²) in [7, 11) is 0. The quantitative estimate of drug-likeness (QED) is 0.821. The number of anilines is 2. The molecule has 1 aromatic carbocycles. The summed E-state index contributed by atoms with van der Waals surface area (Å²) >= 11 is 0. The molecule has 0 bridgehead atoms. The molecule has 2 fully saturated rings. The lowest BCUT2D eigenvalue weighted by atomic mass is 10.0. The summed E-state index contributed by atoms with van der Waals surface area (Å²) in [5.74, 6) is -0.779. The van der Waals surface area contributed by atoms with Gasteiger partial charge in [0.15, 0.2) is 11.6 Å². The molecule has 1 aromatic heterocycles. The van der Waals surface area contributed by atoms with Gasteiger partial charge in [0, 0.05) is 49.1 Å². The largest absolute Gasteiger partial charge is 0.371 e. The number of pyridine rings is 1. The predicted molar refractivity (Wildman–Crippen MR) is 105 cm³/mol. The van der Waals surface area contributed by atoms with Crippen molar-refractivity contribution in [1.82, 2.24) is 4.98 Å². The average Bonchev–Trinajstić information content (AvgIpc) is 3.17. The molecule has 1 spiro atoms. The molecule has 2 aromatic rings. The maximum atomic E-state index is 12.6. The molecule has 0 unspecified atom stereocenters. The van der Waals surface area contributed by atoms with Gasteiger partial charge in [0.25, 0.3) is 5.91 Å². The van der Waals surface area contributed by atoms with Gasteiger partial charge in [-0.3, -0.25) is 14.6 Å². The number of nitrogens with zero attached hydrogens (tertiary/aromatic N) is 2. The Morgan fingerprint density at radius 1 is 1.11 bits per heavy atom. The molecule has 2 aliphatic heterocycles. The van der Waals surface area contributed by atoms with E-state index >= 15 is 0 Å². The molecule has 7 nitrogen and oxygen atoms in total. The number of rotatable bonds is 4. The van der Waals surface area contributed by atoms with Crippen LogP contribution in [0.3, 0.4) is 0 Å². The Kier molecular flexibility index (Phi) is 5.11. The van der Waals surface area contributed by atoms with Crippen LogP contribution in [0.15, 0.2) is 42.6 Å². The molecule has 0 radical (unpaired) electrons. The molecule has 28 heavy (non-hydrogen) atoms. The van der Waals surface area contributed by atoms with Gasteiger partial charge in [-0.25, -0.2) is 0 Å². The molecule has 0 saturated carbocycles. The fraction of sp³-hybridized carbons (Fsp3) is 0.381. The number of hydrogen-bond donors (Lipinski definition) is 1. The maximum absolute atomic E-state index is 12.6. The summed E-state index contributed by atoms with van der Waals surface area (Å²) in [6, 6.07) is 10.6. The van der Waals surface area contributed by atoms with E-state index in [9.17, 15) is 9.59 Å².